The third-order valence-electron chi connectivity index (χ3n) is 3.78. The van der Waals surface area contributed by atoms with E-state index < -0.39 is 25.9 Å². The van der Waals surface area contributed by atoms with Gasteiger partial charge in [0, 0.05) is 12.3 Å². The molecule has 0 saturated heterocycles. The Balaban J connectivity index is 2.20. The predicted octanol–water partition coefficient (Wildman–Crippen LogP) is 2.69. The molecule has 2 aromatic carbocycles. The Morgan fingerprint density at radius 1 is 0.875 bits per heavy atom. The fraction of sp³-hybridized carbons (Fsp3) is 0.294. The number of benzene rings is 2. The van der Waals surface area contributed by atoms with Gasteiger partial charge in [-0.1, -0.05) is 31.2 Å². The molecule has 0 radical (unpaired) electrons. The van der Waals surface area contributed by atoms with E-state index in [-0.39, 0.29) is 9.79 Å². The lowest BCUT2D eigenvalue weighted by Gasteiger charge is -2.15. The van der Waals surface area contributed by atoms with Crippen LogP contribution in [0.25, 0.3) is 0 Å². The van der Waals surface area contributed by atoms with Crippen LogP contribution >= 0.6 is 0 Å². The van der Waals surface area contributed by atoms with Crippen LogP contribution in [0.15, 0.2) is 58.3 Å². The summed E-state index contributed by atoms with van der Waals surface area (Å²) in [5.74, 6) is 0. The second kappa shape index (κ2) is 7.04. The molecule has 0 spiro atoms. The average Bonchev–Trinajstić information content (AvgIpc) is 2.54. The van der Waals surface area contributed by atoms with Gasteiger partial charge in [-0.25, -0.2) is 21.6 Å². The second-order valence-corrected chi connectivity index (χ2v) is 9.41. The zero-order chi connectivity index (χ0) is 18.0. The van der Waals surface area contributed by atoms with Gasteiger partial charge in [0.15, 0.2) is 9.84 Å². The van der Waals surface area contributed by atoms with E-state index in [1.807, 2.05) is 24.3 Å². The fourth-order valence-electron chi connectivity index (χ4n) is 2.28. The molecule has 0 aromatic heterocycles. The Labute approximate surface area is 143 Å². The Bertz CT molecular complexity index is 900. The van der Waals surface area contributed by atoms with Crippen molar-refractivity contribution in [3.63, 3.8) is 0 Å². The Morgan fingerprint density at radius 2 is 1.38 bits per heavy atom. The van der Waals surface area contributed by atoms with Gasteiger partial charge in [0.25, 0.3) is 0 Å². The van der Waals surface area contributed by atoms with Gasteiger partial charge in [-0.15, -0.1) is 0 Å². The molecule has 0 bridgehead atoms. The maximum atomic E-state index is 12.4. The summed E-state index contributed by atoms with van der Waals surface area (Å²) in [6.07, 6.45) is 2.00. The van der Waals surface area contributed by atoms with Crippen LogP contribution in [-0.4, -0.2) is 23.1 Å². The Hall–Kier alpha value is -1.70. The first-order valence-corrected chi connectivity index (χ1v) is 10.9. The zero-order valence-electron chi connectivity index (χ0n) is 13.9. The van der Waals surface area contributed by atoms with Crippen molar-refractivity contribution in [1.29, 1.82) is 0 Å². The first-order valence-electron chi connectivity index (χ1n) is 7.55. The summed E-state index contributed by atoms with van der Waals surface area (Å²) in [7, 11) is -7.08. The molecule has 1 atom stereocenters. The molecule has 130 valence electrons. The minimum atomic E-state index is -3.73. The standard InChI is InChI=1S/C17H21NO4S2/c1-4-14-5-7-15(8-6-14)13(2)18-24(21,22)17-11-9-16(10-12-17)23(3,19)20/h5-13,18H,4H2,1-3H3/t13-/m1/s1. The van der Waals surface area contributed by atoms with Gasteiger partial charge in [-0.2, -0.15) is 0 Å². The van der Waals surface area contributed by atoms with Crippen molar-refractivity contribution in [1.82, 2.24) is 4.72 Å². The summed E-state index contributed by atoms with van der Waals surface area (Å²) >= 11 is 0. The van der Waals surface area contributed by atoms with Gasteiger partial charge in [0.1, 0.15) is 0 Å². The molecule has 24 heavy (non-hydrogen) atoms. The second-order valence-electron chi connectivity index (χ2n) is 5.68. The third-order valence-corrected chi connectivity index (χ3v) is 6.47. The first-order chi connectivity index (χ1) is 11.1. The number of sulfone groups is 1. The van der Waals surface area contributed by atoms with Crippen molar-refractivity contribution in [2.45, 2.75) is 36.1 Å². The molecule has 7 heteroatoms. The highest BCUT2D eigenvalue weighted by molar-refractivity contribution is 7.90. The van der Waals surface area contributed by atoms with Gasteiger partial charge in [0.2, 0.25) is 10.0 Å². The molecular weight excluding hydrogens is 346 g/mol. The van der Waals surface area contributed by atoms with E-state index in [0.29, 0.717) is 0 Å². The van der Waals surface area contributed by atoms with Crippen LogP contribution < -0.4 is 4.72 Å². The lowest BCUT2D eigenvalue weighted by Crippen LogP contribution is -2.26. The van der Waals surface area contributed by atoms with Crippen LogP contribution in [-0.2, 0) is 26.3 Å². The van der Waals surface area contributed by atoms with Crippen molar-refractivity contribution >= 4 is 19.9 Å². The molecule has 0 unspecified atom stereocenters. The van der Waals surface area contributed by atoms with Gasteiger partial charge < -0.3 is 0 Å². The maximum Gasteiger partial charge on any atom is 0.241 e. The SMILES string of the molecule is CCc1ccc([C@@H](C)NS(=O)(=O)c2ccc(S(C)(=O)=O)cc2)cc1. The molecule has 2 aromatic rings. The monoisotopic (exact) mass is 367 g/mol. The van der Waals surface area contributed by atoms with Crippen LogP contribution in [0.2, 0.25) is 0 Å². The van der Waals surface area contributed by atoms with Crippen molar-refractivity contribution in [2.75, 3.05) is 6.26 Å². The minimum Gasteiger partial charge on any atom is -0.224 e. The van der Waals surface area contributed by atoms with E-state index in [1.54, 1.807) is 6.92 Å². The van der Waals surface area contributed by atoms with Crippen molar-refractivity contribution < 1.29 is 16.8 Å². The predicted molar refractivity (Wildman–Crippen MR) is 94.1 cm³/mol. The van der Waals surface area contributed by atoms with Gasteiger partial charge >= 0.3 is 0 Å². The summed E-state index contributed by atoms with van der Waals surface area (Å²) in [4.78, 5) is 0.122. The van der Waals surface area contributed by atoms with Gasteiger partial charge in [0.05, 0.1) is 9.79 Å². The summed E-state index contributed by atoms with van der Waals surface area (Å²) in [6.45, 7) is 3.82. The number of rotatable bonds is 6. The first kappa shape index (κ1) is 18.6. The van der Waals surface area contributed by atoms with Crippen molar-refractivity contribution in [3.05, 3.63) is 59.7 Å². The van der Waals surface area contributed by atoms with Crippen LogP contribution in [0.1, 0.15) is 31.0 Å². The summed E-state index contributed by atoms with van der Waals surface area (Å²) in [5.41, 5.74) is 2.05. The maximum absolute atomic E-state index is 12.4. The molecule has 0 fully saturated rings. The molecule has 5 nitrogen and oxygen atoms in total. The highest BCUT2D eigenvalue weighted by Gasteiger charge is 2.19. The highest BCUT2D eigenvalue weighted by atomic mass is 32.2. The van der Waals surface area contributed by atoms with E-state index in [0.717, 1.165) is 18.2 Å². The molecular formula is C17H21NO4S2. The van der Waals surface area contributed by atoms with E-state index >= 15 is 0 Å². The Morgan fingerprint density at radius 3 is 1.83 bits per heavy atom. The quantitative estimate of drug-likeness (QED) is 0.851. The number of hydrogen-bond acceptors (Lipinski definition) is 4. The molecule has 0 saturated carbocycles. The number of nitrogens with one attached hydrogen (secondary N) is 1. The molecule has 0 aliphatic heterocycles. The molecule has 1 N–H and O–H groups in total. The normalized spacial score (nSPS) is 13.6. The van der Waals surface area contributed by atoms with E-state index in [9.17, 15) is 16.8 Å². The molecule has 0 aliphatic carbocycles. The van der Waals surface area contributed by atoms with Crippen LogP contribution in [0.5, 0.6) is 0 Å². The number of aryl methyl sites for hydroxylation is 1. The minimum absolute atomic E-state index is 0.0342. The largest absolute Gasteiger partial charge is 0.241 e. The summed E-state index contributed by atoms with van der Waals surface area (Å²) in [6, 6.07) is 12.5. The van der Waals surface area contributed by atoms with E-state index in [2.05, 4.69) is 11.6 Å². The lowest BCUT2D eigenvalue weighted by atomic mass is 10.1. The van der Waals surface area contributed by atoms with Crippen LogP contribution in [0.3, 0.4) is 0 Å². The molecule has 2 rings (SSSR count). The Kier molecular flexibility index (Phi) is 5.47. The van der Waals surface area contributed by atoms with Crippen LogP contribution in [0, 0.1) is 0 Å². The average molecular weight is 367 g/mol. The molecule has 0 aliphatic rings. The highest BCUT2D eigenvalue weighted by Crippen LogP contribution is 2.19. The van der Waals surface area contributed by atoms with Gasteiger partial charge in [-0.3, -0.25) is 0 Å². The summed E-state index contributed by atoms with van der Waals surface area (Å²) in [5, 5.41) is 0. The van der Waals surface area contributed by atoms with Crippen molar-refractivity contribution in [3.8, 4) is 0 Å². The smallest absolute Gasteiger partial charge is 0.224 e. The molecule has 0 amide bonds. The summed E-state index contributed by atoms with van der Waals surface area (Å²) < 4.78 is 50.4. The number of sulfonamides is 1. The van der Waals surface area contributed by atoms with Crippen LogP contribution in [0.4, 0.5) is 0 Å². The van der Waals surface area contributed by atoms with E-state index in [1.165, 1.54) is 29.8 Å². The zero-order valence-corrected chi connectivity index (χ0v) is 15.5. The topological polar surface area (TPSA) is 80.3 Å². The van der Waals surface area contributed by atoms with Gasteiger partial charge in [-0.05, 0) is 48.7 Å². The van der Waals surface area contributed by atoms with Crippen molar-refractivity contribution in [2.24, 2.45) is 0 Å². The fourth-order valence-corrected chi connectivity index (χ4v) is 4.14. The van der Waals surface area contributed by atoms with E-state index in [4.69, 9.17) is 0 Å². The lowest BCUT2D eigenvalue weighted by molar-refractivity contribution is 0.566. The third kappa shape index (κ3) is 4.43. The molecule has 0 heterocycles. The number of hydrogen-bond donors (Lipinski definition) is 1.